The molecule has 0 aliphatic carbocycles. The van der Waals surface area contributed by atoms with Crippen molar-refractivity contribution in [2.24, 2.45) is 0 Å². The predicted molar refractivity (Wildman–Crippen MR) is 101 cm³/mol. The number of nitrogens with zero attached hydrogens (tertiary/aromatic N) is 3. The fourth-order valence-corrected chi connectivity index (χ4v) is 3.18. The van der Waals surface area contributed by atoms with Crippen LogP contribution in [0, 0.1) is 0 Å². The first-order chi connectivity index (χ1) is 12.5. The molecule has 0 aliphatic rings. The van der Waals surface area contributed by atoms with Crippen molar-refractivity contribution < 1.29 is 13.2 Å². The molecule has 0 bridgehead atoms. The van der Waals surface area contributed by atoms with Gasteiger partial charge >= 0.3 is 0 Å². The summed E-state index contributed by atoms with van der Waals surface area (Å²) >= 11 is 0. The summed E-state index contributed by atoms with van der Waals surface area (Å²) in [5.74, 6) is 1.16. The van der Waals surface area contributed by atoms with E-state index in [1.165, 1.54) is 0 Å². The number of nitrogens with one attached hydrogen (secondary N) is 1. The van der Waals surface area contributed by atoms with E-state index in [0.717, 1.165) is 9.65 Å². The molecule has 26 heavy (non-hydrogen) atoms. The number of benzene rings is 2. The lowest BCUT2D eigenvalue weighted by Crippen LogP contribution is -2.19. The Morgan fingerprint density at radius 3 is 2.38 bits per heavy atom. The summed E-state index contributed by atoms with van der Waals surface area (Å²) in [6.45, 7) is 2.02. The SMILES string of the molecule is CCS(=O)(=O)n1nc(-c2ccc(OC)cc2)nc1NCc1ccccc1. The molecule has 0 fully saturated rings. The molecule has 0 unspecified atom stereocenters. The number of ether oxygens (including phenoxy) is 1. The lowest BCUT2D eigenvalue weighted by molar-refractivity contribution is 0.415. The third-order valence-corrected chi connectivity index (χ3v) is 5.36. The topological polar surface area (TPSA) is 86.1 Å². The average molecular weight is 372 g/mol. The van der Waals surface area contributed by atoms with E-state index < -0.39 is 10.0 Å². The van der Waals surface area contributed by atoms with E-state index in [0.29, 0.717) is 23.7 Å². The standard InChI is InChI=1S/C18H20N4O3S/c1-3-26(23,24)22-18(19-13-14-7-5-4-6-8-14)20-17(21-22)15-9-11-16(25-2)12-10-15/h4-12H,3,13H2,1-2H3,(H,19,20,21). The number of anilines is 1. The minimum absolute atomic E-state index is 0.0710. The van der Waals surface area contributed by atoms with Gasteiger partial charge in [0.05, 0.1) is 12.9 Å². The lowest BCUT2D eigenvalue weighted by atomic mass is 10.2. The van der Waals surface area contributed by atoms with Crippen molar-refractivity contribution >= 4 is 16.0 Å². The Labute approximate surface area is 152 Å². The van der Waals surface area contributed by atoms with Crippen LogP contribution in [0.4, 0.5) is 5.95 Å². The van der Waals surface area contributed by atoms with Crippen LogP contribution in [-0.4, -0.2) is 35.5 Å². The quantitative estimate of drug-likeness (QED) is 0.686. The zero-order valence-corrected chi connectivity index (χ0v) is 15.4. The Hall–Kier alpha value is -2.87. The number of rotatable bonds is 7. The Balaban J connectivity index is 1.94. The van der Waals surface area contributed by atoms with Crippen molar-refractivity contribution in [1.82, 2.24) is 14.2 Å². The molecule has 3 rings (SSSR count). The van der Waals surface area contributed by atoms with Gasteiger partial charge in [-0.05, 0) is 36.8 Å². The highest BCUT2D eigenvalue weighted by Crippen LogP contribution is 2.22. The minimum Gasteiger partial charge on any atom is -0.497 e. The first-order valence-electron chi connectivity index (χ1n) is 8.16. The maximum atomic E-state index is 12.4. The van der Waals surface area contributed by atoms with Crippen LogP contribution in [0.1, 0.15) is 12.5 Å². The van der Waals surface area contributed by atoms with E-state index in [4.69, 9.17) is 4.74 Å². The van der Waals surface area contributed by atoms with Gasteiger partial charge in [0, 0.05) is 12.1 Å². The van der Waals surface area contributed by atoms with Crippen molar-refractivity contribution in [2.45, 2.75) is 13.5 Å². The highest BCUT2D eigenvalue weighted by atomic mass is 32.2. The average Bonchev–Trinajstić information content (AvgIpc) is 3.12. The summed E-state index contributed by atoms with van der Waals surface area (Å²) < 4.78 is 30.9. The first kappa shape index (κ1) is 17.9. The maximum Gasteiger partial charge on any atom is 0.256 e. The van der Waals surface area contributed by atoms with Gasteiger partial charge < -0.3 is 10.1 Å². The molecule has 1 aromatic heterocycles. The second-order valence-corrected chi connectivity index (χ2v) is 7.66. The van der Waals surface area contributed by atoms with Gasteiger partial charge in [-0.1, -0.05) is 30.3 Å². The lowest BCUT2D eigenvalue weighted by Gasteiger charge is -2.07. The summed E-state index contributed by atoms with van der Waals surface area (Å²) in [5, 5.41) is 7.27. The zero-order chi connectivity index (χ0) is 18.6. The van der Waals surface area contributed by atoms with E-state index in [1.54, 1.807) is 38.3 Å². The molecule has 8 heteroatoms. The predicted octanol–water partition coefficient (Wildman–Crippen LogP) is 2.76. The maximum absolute atomic E-state index is 12.4. The zero-order valence-electron chi connectivity index (χ0n) is 14.6. The molecule has 0 saturated heterocycles. The summed E-state index contributed by atoms with van der Waals surface area (Å²) in [7, 11) is -1.99. The van der Waals surface area contributed by atoms with Crippen LogP contribution >= 0.6 is 0 Å². The van der Waals surface area contributed by atoms with Crippen molar-refractivity contribution in [2.75, 3.05) is 18.2 Å². The molecule has 0 aliphatic heterocycles. The van der Waals surface area contributed by atoms with Gasteiger partial charge in [-0.25, -0.2) is 8.42 Å². The number of hydrogen-bond acceptors (Lipinski definition) is 6. The van der Waals surface area contributed by atoms with Gasteiger partial charge in [-0.15, -0.1) is 9.19 Å². The Morgan fingerprint density at radius 1 is 1.08 bits per heavy atom. The highest BCUT2D eigenvalue weighted by Gasteiger charge is 2.20. The molecule has 0 amide bonds. The summed E-state index contributed by atoms with van der Waals surface area (Å²) in [6.07, 6.45) is 0. The van der Waals surface area contributed by atoms with E-state index in [-0.39, 0.29) is 11.7 Å². The summed E-state index contributed by atoms with van der Waals surface area (Å²) in [4.78, 5) is 4.39. The van der Waals surface area contributed by atoms with Gasteiger partial charge in [0.2, 0.25) is 5.95 Å². The van der Waals surface area contributed by atoms with E-state index >= 15 is 0 Å². The minimum atomic E-state index is -3.58. The Bertz CT molecular complexity index is 967. The van der Waals surface area contributed by atoms with Crippen LogP contribution in [0.25, 0.3) is 11.4 Å². The van der Waals surface area contributed by atoms with Crippen LogP contribution < -0.4 is 10.1 Å². The Kier molecular flexibility index (Phi) is 5.22. The van der Waals surface area contributed by atoms with Crippen molar-refractivity contribution in [1.29, 1.82) is 0 Å². The second kappa shape index (κ2) is 7.57. The molecular weight excluding hydrogens is 352 g/mol. The van der Waals surface area contributed by atoms with Crippen molar-refractivity contribution in [3.63, 3.8) is 0 Å². The monoisotopic (exact) mass is 372 g/mol. The van der Waals surface area contributed by atoms with Crippen LogP contribution in [0.15, 0.2) is 54.6 Å². The molecule has 1 N–H and O–H groups in total. The second-order valence-electron chi connectivity index (χ2n) is 5.57. The first-order valence-corrected chi connectivity index (χ1v) is 9.77. The highest BCUT2D eigenvalue weighted by molar-refractivity contribution is 7.89. The third kappa shape index (κ3) is 3.85. The van der Waals surface area contributed by atoms with Gasteiger partial charge in [0.1, 0.15) is 5.75 Å². The molecule has 0 radical (unpaired) electrons. The molecule has 0 atom stereocenters. The van der Waals surface area contributed by atoms with Crippen molar-refractivity contribution in [3.05, 3.63) is 60.2 Å². The third-order valence-electron chi connectivity index (χ3n) is 3.85. The largest absolute Gasteiger partial charge is 0.497 e. The fraction of sp³-hybridized carbons (Fsp3) is 0.222. The van der Waals surface area contributed by atoms with Gasteiger partial charge in [0.25, 0.3) is 10.0 Å². The molecule has 0 saturated carbocycles. The molecule has 2 aromatic carbocycles. The molecule has 0 spiro atoms. The van der Waals surface area contributed by atoms with Crippen molar-refractivity contribution in [3.8, 4) is 17.1 Å². The van der Waals surface area contributed by atoms with Gasteiger partial charge in [-0.2, -0.15) is 4.98 Å². The summed E-state index contributed by atoms with van der Waals surface area (Å²) in [5.41, 5.74) is 1.72. The van der Waals surface area contributed by atoms with Crippen LogP contribution in [-0.2, 0) is 16.6 Å². The smallest absolute Gasteiger partial charge is 0.256 e. The van der Waals surface area contributed by atoms with E-state index in [1.807, 2.05) is 30.3 Å². The van der Waals surface area contributed by atoms with Crippen LogP contribution in [0.5, 0.6) is 5.75 Å². The molecule has 136 valence electrons. The fourth-order valence-electron chi connectivity index (χ4n) is 2.36. The van der Waals surface area contributed by atoms with Crippen LogP contribution in [0.2, 0.25) is 0 Å². The van der Waals surface area contributed by atoms with E-state index in [9.17, 15) is 8.42 Å². The van der Waals surface area contributed by atoms with Crippen LogP contribution in [0.3, 0.4) is 0 Å². The Morgan fingerprint density at radius 2 is 1.77 bits per heavy atom. The van der Waals surface area contributed by atoms with Gasteiger partial charge in [-0.3, -0.25) is 0 Å². The molecule has 3 aromatic rings. The molecular formula is C18H20N4O3S. The summed E-state index contributed by atoms with van der Waals surface area (Å²) in [6, 6.07) is 16.8. The molecule has 1 heterocycles. The van der Waals surface area contributed by atoms with Gasteiger partial charge in [0.15, 0.2) is 5.82 Å². The van der Waals surface area contributed by atoms with E-state index in [2.05, 4.69) is 15.4 Å². The number of aromatic nitrogens is 3. The molecule has 7 nitrogen and oxygen atoms in total. The number of hydrogen-bond donors (Lipinski definition) is 1. The normalized spacial score (nSPS) is 11.3. The number of methoxy groups -OCH3 is 1.